The van der Waals surface area contributed by atoms with Gasteiger partial charge in [0.15, 0.2) is 6.29 Å². The molecule has 0 aliphatic carbocycles. The number of carbonyl (C=O) groups excluding carboxylic acids is 2. The molecular formula is C30H30F5NO7. The number of halogens is 5. The normalized spacial score (nSPS) is 14.8. The molecular weight excluding hydrogens is 581 g/mol. The Morgan fingerprint density at radius 1 is 0.837 bits per heavy atom. The third-order valence-electron chi connectivity index (χ3n) is 6.54. The largest absolute Gasteiger partial charge is 0.573 e. The van der Waals surface area contributed by atoms with E-state index >= 15 is 0 Å². The van der Waals surface area contributed by atoms with E-state index < -0.39 is 24.0 Å². The van der Waals surface area contributed by atoms with Gasteiger partial charge in [0.1, 0.15) is 40.4 Å². The first kappa shape index (κ1) is 33.0. The van der Waals surface area contributed by atoms with Gasteiger partial charge in [-0.2, -0.15) is 0 Å². The Kier molecular flexibility index (Phi) is 11.2. The maximum atomic E-state index is 13.9. The zero-order valence-electron chi connectivity index (χ0n) is 23.8. The molecule has 1 amide bonds. The van der Waals surface area contributed by atoms with E-state index in [9.17, 15) is 31.5 Å². The number of carbonyl (C=O) groups is 2. The molecule has 0 N–H and O–H groups in total. The van der Waals surface area contributed by atoms with E-state index in [2.05, 4.69) is 4.74 Å². The molecule has 8 nitrogen and oxygen atoms in total. The van der Waals surface area contributed by atoms with E-state index in [1.54, 1.807) is 4.90 Å². The highest BCUT2D eigenvalue weighted by molar-refractivity contribution is 5.83. The first-order valence-corrected chi connectivity index (χ1v) is 12.9. The van der Waals surface area contributed by atoms with Crippen LogP contribution in [0.4, 0.5) is 22.0 Å². The molecule has 1 fully saturated rings. The van der Waals surface area contributed by atoms with E-state index in [-0.39, 0.29) is 46.8 Å². The van der Waals surface area contributed by atoms with Gasteiger partial charge in [-0.05, 0) is 30.5 Å². The lowest BCUT2D eigenvalue weighted by atomic mass is 9.92. The number of methoxy groups -OCH3 is 4. The number of likely N-dealkylation sites (tertiary alicyclic amines) is 1. The van der Waals surface area contributed by atoms with Crippen LogP contribution in [-0.4, -0.2) is 51.9 Å². The van der Waals surface area contributed by atoms with Gasteiger partial charge in [-0.25, -0.2) is 8.78 Å². The first-order chi connectivity index (χ1) is 20.4. The predicted molar refractivity (Wildman–Crippen MR) is 145 cm³/mol. The van der Waals surface area contributed by atoms with Crippen LogP contribution in [0.3, 0.4) is 0 Å². The quantitative estimate of drug-likeness (QED) is 0.198. The van der Waals surface area contributed by atoms with Crippen molar-refractivity contribution in [3.8, 4) is 28.7 Å². The van der Waals surface area contributed by atoms with Crippen LogP contribution < -0.4 is 23.7 Å². The van der Waals surface area contributed by atoms with Gasteiger partial charge in [0, 0.05) is 37.2 Å². The number of amides is 1. The minimum absolute atomic E-state index is 0.115. The van der Waals surface area contributed by atoms with E-state index in [1.165, 1.54) is 64.8 Å². The number of ether oxygens (including phenoxy) is 5. The standard InChI is InChI=1S/C21H21F4NO4.C9H9FO3/c1-28-17-10-14(22)11-18(29-2)20(17)16-4-3-5-19(27)26(16)12-13-6-8-15(9-7-13)30-21(23,24)25;1-12-8-3-6(10)4-9(13-2)7(8)5-11/h6-11,16H,3-5,12H2,1-2H3;3-5H,1-2H3. The lowest BCUT2D eigenvalue weighted by Gasteiger charge is -2.37. The van der Waals surface area contributed by atoms with Crippen LogP contribution in [0.2, 0.25) is 0 Å². The number of hydrogen-bond acceptors (Lipinski definition) is 7. The average molecular weight is 612 g/mol. The molecule has 1 aliphatic rings. The number of aldehydes is 1. The second-order valence-corrected chi connectivity index (χ2v) is 9.19. The molecule has 3 aromatic rings. The highest BCUT2D eigenvalue weighted by Crippen LogP contribution is 2.43. The Hall–Kier alpha value is -4.55. The van der Waals surface area contributed by atoms with Crippen molar-refractivity contribution in [2.75, 3.05) is 28.4 Å². The van der Waals surface area contributed by atoms with Gasteiger partial charge < -0.3 is 28.6 Å². The Morgan fingerprint density at radius 2 is 1.33 bits per heavy atom. The van der Waals surface area contributed by atoms with E-state index in [0.717, 1.165) is 12.1 Å². The smallest absolute Gasteiger partial charge is 0.496 e. The molecule has 232 valence electrons. The highest BCUT2D eigenvalue weighted by Gasteiger charge is 2.34. The fourth-order valence-corrected chi connectivity index (χ4v) is 4.67. The van der Waals surface area contributed by atoms with Crippen LogP contribution in [0.1, 0.15) is 46.8 Å². The molecule has 1 atom stereocenters. The van der Waals surface area contributed by atoms with Gasteiger partial charge >= 0.3 is 6.36 Å². The van der Waals surface area contributed by atoms with Crippen LogP contribution in [-0.2, 0) is 11.3 Å². The minimum Gasteiger partial charge on any atom is -0.496 e. The van der Waals surface area contributed by atoms with Gasteiger partial charge in [0.2, 0.25) is 5.91 Å². The number of rotatable bonds is 9. The van der Waals surface area contributed by atoms with Crippen molar-refractivity contribution in [3.63, 3.8) is 0 Å². The molecule has 0 radical (unpaired) electrons. The monoisotopic (exact) mass is 611 g/mol. The summed E-state index contributed by atoms with van der Waals surface area (Å²) >= 11 is 0. The summed E-state index contributed by atoms with van der Waals surface area (Å²) in [6, 6.07) is 9.65. The molecule has 4 rings (SSSR count). The molecule has 1 saturated heterocycles. The lowest BCUT2D eigenvalue weighted by Crippen LogP contribution is -2.38. The summed E-state index contributed by atoms with van der Waals surface area (Å²) < 4.78 is 88.0. The Bertz CT molecular complexity index is 1360. The maximum absolute atomic E-state index is 13.9. The van der Waals surface area contributed by atoms with Crippen molar-refractivity contribution in [2.45, 2.75) is 38.2 Å². The van der Waals surface area contributed by atoms with Crippen LogP contribution in [0.5, 0.6) is 28.7 Å². The zero-order valence-corrected chi connectivity index (χ0v) is 23.8. The van der Waals surface area contributed by atoms with E-state index in [4.69, 9.17) is 18.9 Å². The van der Waals surface area contributed by atoms with Crippen LogP contribution in [0.15, 0.2) is 48.5 Å². The first-order valence-electron chi connectivity index (χ1n) is 12.9. The predicted octanol–water partition coefficient (Wildman–Crippen LogP) is 6.65. The van der Waals surface area contributed by atoms with Crippen molar-refractivity contribution in [1.29, 1.82) is 0 Å². The Labute approximate surface area is 244 Å². The van der Waals surface area contributed by atoms with Gasteiger partial charge in [-0.1, -0.05) is 12.1 Å². The number of nitrogens with zero attached hydrogens (tertiary/aromatic N) is 1. The van der Waals surface area contributed by atoms with Crippen molar-refractivity contribution in [2.24, 2.45) is 0 Å². The second kappa shape index (κ2) is 14.6. The molecule has 13 heteroatoms. The lowest BCUT2D eigenvalue weighted by molar-refractivity contribution is -0.274. The summed E-state index contributed by atoms with van der Waals surface area (Å²) in [6.07, 6.45) is -2.61. The van der Waals surface area contributed by atoms with Crippen molar-refractivity contribution in [1.82, 2.24) is 4.90 Å². The molecule has 43 heavy (non-hydrogen) atoms. The molecule has 0 saturated carbocycles. The van der Waals surface area contributed by atoms with Crippen molar-refractivity contribution in [3.05, 3.63) is 76.9 Å². The summed E-state index contributed by atoms with van der Waals surface area (Å²) in [5, 5.41) is 0. The number of benzene rings is 3. The fourth-order valence-electron chi connectivity index (χ4n) is 4.67. The van der Waals surface area contributed by atoms with Gasteiger partial charge in [-0.15, -0.1) is 13.2 Å². The summed E-state index contributed by atoms with van der Waals surface area (Å²) in [5.41, 5.74) is 1.41. The number of hydrogen-bond donors (Lipinski definition) is 0. The van der Waals surface area contributed by atoms with Crippen molar-refractivity contribution >= 4 is 12.2 Å². The maximum Gasteiger partial charge on any atom is 0.573 e. The minimum atomic E-state index is -4.77. The summed E-state index contributed by atoms with van der Waals surface area (Å²) in [6.45, 7) is 0.166. The summed E-state index contributed by atoms with van der Waals surface area (Å²) in [4.78, 5) is 24.9. The highest BCUT2D eigenvalue weighted by atomic mass is 19.4. The molecule has 0 bridgehead atoms. The van der Waals surface area contributed by atoms with Gasteiger partial charge in [-0.3, -0.25) is 9.59 Å². The third kappa shape index (κ3) is 8.49. The topological polar surface area (TPSA) is 83.5 Å². The van der Waals surface area contributed by atoms with E-state index in [1.807, 2.05) is 0 Å². The molecule has 0 spiro atoms. The third-order valence-corrected chi connectivity index (χ3v) is 6.54. The number of piperidine rings is 1. The Morgan fingerprint density at radius 3 is 1.77 bits per heavy atom. The molecule has 3 aromatic carbocycles. The van der Waals surface area contributed by atoms with Crippen LogP contribution >= 0.6 is 0 Å². The van der Waals surface area contributed by atoms with E-state index in [0.29, 0.717) is 36.7 Å². The average Bonchev–Trinajstić information content (AvgIpc) is 2.97. The Balaban J connectivity index is 0.000000326. The molecule has 0 aromatic heterocycles. The second-order valence-electron chi connectivity index (χ2n) is 9.19. The zero-order chi connectivity index (χ0) is 31.7. The van der Waals surface area contributed by atoms with Gasteiger partial charge in [0.25, 0.3) is 0 Å². The number of alkyl halides is 3. The summed E-state index contributed by atoms with van der Waals surface area (Å²) in [7, 11) is 5.54. The van der Waals surface area contributed by atoms with Crippen LogP contribution in [0, 0.1) is 11.6 Å². The molecule has 1 aliphatic heterocycles. The van der Waals surface area contributed by atoms with Crippen molar-refractivity contribution < 1.29 is 55.2 Å². The molecule has 1 heterocycles. The summed E-state index contributed by atoms with van der Waals surface area (Å²) in [5.74, 6) is -0.597. The fraction of sp³-hybridized carbons (Fsp3) is 0.333. The van der Waals surface area contributed by atoms with Gasteiger partial charge in [0.05, 0.1) is 45.6 Å². The SMILES string of the molecule is COc1cc(F)cc(OC)c1C1CCCC(=O)N1Cc1ccc(OC(F)(F)F)cc1.COc1cc(F)cc(OC)c1C=O. The molecule has 1 unspecified atom stereocenters. The van der Waals surface area contributed by atoms with Crippen LogP contribution in [0.25, 0.3) is 0 Å².